The molecule has 0 saturated heterocycles. The summed E-state index contributed by atoms with van der Waals surface area (Å²) in [5, 5.41) is 0. The van der Waals surface area contributed by atoms with E-state index in [2.05, 4.69) is 109 Å². The summed E-state index contributed by atoms with van der Waals surface area (Å²) in [6.45, 7) is 43.4. The standard InChI is InChI=1S/2C10H15.C8H18Si2.Hf/c2*1-6-7(2)9(4)10(5)8(6)3;1-8(9(2,3)4)10(5,6)7;/h2*1-5H3;1H,2H2,3-7H3;/q;;-2;+4. The van der Waals surface area contributed by atoms with Gasteiger partial charge in [-0.25, -0.2) is 0 Å². The second-order valence-corrected chi connectivity index (χ2v) is 20.6. The molecule has 0 spiro atoms. The van der Waals surface area contributed by atoms with Gasteiger partial charge in [0.1, 0.15) is 0 Å². The molecule has 0 aromatic rings. The van der Waals surface area contributed by atoms with Gasteiger partial charge in [-0.1, -0.05) is 102 Å². The van der Waals surface area contributed by atoms with E-state index in [1.165, 1.54) is 64.0 Å². The Kier molecular flexibility index (Phi) is 14.6. The van der Waals surface area contributed by atoms with Gasteiger partial charge in [0.25, 0.3) is 0 Å². The van der Waals surface area contributed by atoms with Crippen LogP contribution in [0.3, 0.4) is 0 Å². The molecular weight excluding hydrogens is 571 g/mol. The number of rotatable bonds is 2. The van der Waals surface area contributed by atoms with Gasteiger partial charge in [-0.15, -0.1) is 8.07 Å². The number of hydrogen-bond donors (Lipinski definition) is 0. The van der Waals surface area contributed by atoms with Crippen LogP contribution in [0.2, 0.25) is 32.7 Å². The van der Waals surface area contributed by atoms with Gasteiger partial charge in [-0.05, 0) is 59.2 Å². The minimum atomic E-state index is -1.39. The van der Waals surface area contributed by atoms with Crippen molar-refractivity contribution in [3.8, 4) is 0 Å². The van der Waals surface area contributed by atoms with E-state index < -0.39 is 16.1 Å². The summed E-state index contributed by atoms with van der Waals surface area (Å²) in [5.41, 5.74) is 0. The van der Waals surface area contributed by atoms with E-state index in [4.69, 9.17) is 6.58 Å². The van der Waals surface area contributed by atoms with Crippen molar-refractivity contribution >= 4 is 16.1 Å². The summed E-state index contributed by atoms with van der Waals surface area (Å²) in [4.78, 5) is 1.24. The maximum Gasteiger partial charge on any atom is 4.00 e. The van der Waals surface area contributed by atoms with E-state index in [9.17, 15) is 0 Å². The molecule has 3 heteroatoms. The number of hydrogen-bond acceptors (Lipinski definition) is 0. The van der Waals surface area contributed by atoms with E-state index in [0.717, 1.165) is 0 Å². The van der Waals surface area contributed by atoms with Crippen LogP contribution in [0.5, 0.6) is 0 Å². The van der Waals surface area contributed by atoms with Crippen molar-refractivity contribution in [2.24, 2.45) is 0 Å². The average Bonchev–Trinajstić information content (AvgIpc) is 2.91. The Bertz CT molecular complexity index is 394. The third kappa shape index (κ3) is 9.31. The second-order valence-electron chi connectivity index (χ2n) is 10.8. The third-order valence-electron chi connectivity index (χ3n) is 7.16. The van der Waals surface area contributed by atoms with Crippen molar-refractivity contribution in [3.05, 3.63) is 77.1 Å². The van der Waals surface area contributed by atoms with Gasteiger partial charge in [0.2, 0.25) is 0 Å². The summed E-state index contributed by atoms with van der Waals surface area (Å²) in [7, 11) is -2.59. The van der Waals surface area contributed by atoms with Crippen molar-refractivity contribution in [2.75, 3.05) is 0 Å². The van der Waals surface area contributed by atoms with Gasteiger partial charge in [0.05, 0.1) is 0 Å². The molecule has 0 aliphatic heterocycles. The third-order valence-corrected chi connectivity index (χ3v) is 14.5. The molecule has 170 valence electrons. The first-order chi connectivity index (χ1) is 13.3. The van der Waals surface area contributed by atoms with Crippen LogP contribution in [0.4, 0.5) is 0 Å². The molecule has 0 nitrogen and oxygen atoms in total. The van der Waals surface area contributed by atoms with Crippen LogP contribution in [0.15, 0.2) is 4.82 Å². The van der Waals surface area contributed by atoms with Crippen LogP contribution in [0.1, 0.15) is 69.2 Å². The summed E-state index contributed by atoms with van der Waals surface area (Å²) in [6.07, 6.45) is 0. The normalized spacial score (nSPS) is 22.7. The zero-order valence-corrected chi connectivity index (χ0v) is 28.9. The molecule has 0 unspecified atom stereocenters. The quantitative estimate of drug-likeness (QED) is 0.214. The Hall–Kier alpha value is 1.04. The molecule has 0 bridgehead atoms. The summed E-state index contributed by atoms with van der Waals surface area (Å²) >= 11 is 0. The van der Waals surface area contributed by atoms with Gasteiger partial charge in [-0.2, -0.15) is 0 Å². The second kappa shape index (κ2) is 13.2. The Morgan fingerprint density at radius 2 is 0.613 bits per heavy atom. The molecule has 0 heterocycles. The molecule has 0 amide bonds. The Morgan fingerprint density at radius 3 is 0.645 bits per heavy atom. The van der Waals surface area contributed by atoms with Crippen molar-refractivity contribution in [2.45, 2.75) is 102 Å². The molecule has 2 aliphatic carbocycles. The largest absolute Gasteiger partial charge is 4.00 e. The monoisotopic (exact) mass is 620 g/mol. The first-order valence-corrected chi connectivity index (χ1v) is 17.8. The average molecular weight is 619 g/mol. The zero-order valence-electron chi connectivity index (χ0n) is 23.3. The van der Waals surface area contributed by atoms with E-state index >= 15 is 0 Å². The molecule has 0 N–H and O–H groups in total. The van der Waals surface area contributed by atoms with Crippen molar-refractivity contribution in [1.29, 1.82) is 0 Å². The van der Waals surface area contributed by atoms with Crippen LogP contribution >= 0.6 is 0 Å². The van der Waals surface area contributed by atoms with Crippen LogP contribution in [0.25, 0.3) is 0 Å². The minimum absolute atomic E-state index is 0. The molecule has 2 rings (SSSR count). The fourth-order valence-electron chi connectivity index (χ4n) is 3.83. The Morgan fingerprint density at radius 1 is 0.484 bits per heavy atom. The van der Waals surface area contributed by atoms with Crippen molar-refractivity contribution < 1.29 is 25.8 Å². The molecule has 2 saturated carbocycles. The first-order valence-electron chi connectivity index (χ1n) is 11.1. The Labute approximate surface area is 220 Å². The van der Waals surface area contributed by atoms with Crippen molar-refractivity contribution in [3.63, 3.8) is 0 Å². The summed E-state index contributed by atoms with van der Waals surface area (Å²) in [5.74, 6) is 14.7. The summed E-state index contributed by atoms with van der Waals surface area (Å²) < 4.78 is 0. The molecule has 31 heavy (non-hydrogen) atoms. The predicted octanol–water partition coefficient (Wildman–Crippen LogP) is 8.79. The SMILES string of the molecule is C[C]1[C](C)[C](C)[C](C)[C]1C.C[C]1[C](C)[C](C)[C](C)[C]1C.[CH-]=C([Si]([CH2-])(C)C)[Si](C)(C)C.[Hf+4]. The van der Waals surface area contributed by atoms with Gasteiger partial charge < -0.3 is 17.9 Å². The minimum Gasteiger partial charge on any atom is -0.525 e. The fraction of sp³-hybridized carbons (Fsp3) is 0.536. The van der Waals surface area contributed by atoms with E-state index in [-0.39, 0.29) is 25.8 Å². The van der Waals surface area contributed by atoms with Crippen LogP contribution in [0, 0.1) is 72.3 Å². The van der Waals surface area contributed by atoms with E-state index in [1.54, 1.807) is 0 Å². The van der Waals surface area contributed by atoms with Crippen LogP contribution < -0.4 is 0 Å². The molecular formula is C28H48HfSi2+2. The van der Waals surface area contributed by atoms with Gasteiger partial charge in [0.15, 0.2) is 0 Å². The van der Waals surface area contributed by atoms with Gasteiger partial charge >= 0.3 is 25.8 Å². The maximum absolute atomic E-state index is 6.01. The van der Waals surface area contributed by atoms with E-state index in [1.807, 2.05) is 0 Å². The molecule has 10 radical (unpaired) electrons. The van der Waals surface area contributed by atoms with Crippen LogP contribution in [-0.2, 0) is 25.8 Å². The fourth-order valence-corrected chi connectivity index (χ4v) is 11.9. The Balaban J connectivity index is 0. The zero-order chi connectivity index (χ0) is 24.4. The predicted molar refractivity (Wildman–Crippen MR) is 143 cm³/mol. The topological polar surface area (TPSA) is 0 Å². The smallest absolute Gasteiger partial charge is 0.525 e. The first kappa shape index (κ1) is 34.2. The molecule has 0 aromatic carbocycles. The van der Waals surface area contributed by atoms with Crippen molar-refractivity contribution in [1.82, 2.24) is 0 Å². The summed E-state index contributed by atoms with van der Waals surface area (Å²) in [6, 6.07) is 0. The molecule has 2 aliphatic rings. The molecule has 0 aromatic heterocycles. The van der Waals surface area contributed by atoms with Crippen LogP contribution in [-0.4, -0.2) is 16.1 Å². The van der Waals surface area contributed by atoms with Gasteiger partial charge in [-0.3, -0.25) is 0 Å². The molecule has 2 fully saturated rings. The van der Waals surface area contributed by atoms with Gasteiger partial charge in [0, 0.05) is 8.07 Å². The molecule has 0 atom stereocenters. The maximum atomic E-state index is 6.01. The van der Waals surface area contributed by atoms with E-state index in [0.29, 0.717) is 0 Å².